The van der Waals surface area contributed by atoms with Crippen molar-refractivity contribution in [2.75, 3.05) is 10.6 Å². The van der Waals surface area contributed by atoms with Gasteiger partial charge in [0.2, 0.25) is 17.7 Å². The van der Waals surface area contributed by atoms with Gasteiger partial charge in [-0.3, -0.25) is 19.7 Å². The minimum absolute atomic E-state index is 0.0512. The molecular formula is C22H24ClN5O3. The molecule has 2 aliphatic heterocycles. The molecule has 2 aliphatic rings. The van der Waals surface area contributed by atoms with E-state index in [9.17, 15) is 14.4 Å². The van der Waals surface area contributed by atoms with Gasteiger partial charge in [-0.1, -0.05) is 30.7 Å². The van der Waals surface area contributed by atoms with Crippen LogP contribution in [0.25, 0.3) is 0 Å². The van der Waals surface area contributed by atoms with Crippen LogP contribution in [0.5, 0.6) is 0 Å². The fraction of sp³-hybridized carbons (Fsp3) is 0.318. The lowest BCUT2D eigenvalue weighted by molar-refractivity contribution is -0.144. The molecule has 2 heterocycles. The Morgan fingerprint density at radius 3 is 2.39 bits per heavy atom. The summed E-state index contributed by atoms with van der Waals surface area (Å²) >= 11 is 5.91. The maximum absolute atomic E-state index is 12.9. The van der Waals surface area contributed by atoms with Crippen molar-refractivity contribution in [3.63, 3.8) is 0 Å². The molecule has 2 aromatic rings. The molecule has 3 amide bonds. The summed E-state index contributed by atoms with van der Waals surface area (Å²) in [6, 6.07) is 14.5. The first-order valence-electron chi connectivity index (χ1n) is 10.2. The third kappa shape index (κ3) is 4.81. The molecule has 0 saturated carbocycles. The predicted molar refractivity (Wildman–Crippen MR) is 118 cm³/mol. The Morgan fingerprint density at radius 1 is 1.03 bits per heavy atom. The molecule has 2 aromatic carbocycles. The van der Waals surface area contributed by atoms with Crippen molar-refractivity contribution in [1.82, 2.24) is 16.0 Å². The lowest BCUT2D eigenvalue weighted by atomic mass is 9.81. The molecule has 0 radical (unpaired) electrons. The molecule has 8 nitrogen and oxygen atoms in total. The van der Waals surface area contributed by atoms with Crippen molar-refractivity contribution in [3.05, 3.63) is 59.1 Å². The molecule has 4 rings (SSSR count). The van der Waals surface area contributed by atoms with E-state index in [0.29, 0.717) is 10.7 Å². The van der Waals surface area contributed by atoms with Crippen LogP contribution in [-0.4, -0.2) is 30.2 Å². The third-order valence-electron chi connectivity index (χ3n) is 5.57. The van der Waals surface area contributed by atoms with Crippen molar-refractivity contribution in [3.8, 4) is 0 Å². The summed E-state index contributed by atoms with van der Waals surface area (Å²) in [5.41, 5.74) is 2.54. The molecule has 4 unspecified atom stereocenters. The number of hydrogen-bond acceptors (Lipinski definition) is 5. The number of hydrogen-bond donors (Lipinski definition) is 5. The molecule has 0 aliphatic carbocycles. The monoisotopic (exact) mass is 441 g/mol. The number of carbonyl (C=O) groups is 3. The molecule has 162 valence electrons. The van der Waals surface area contributed by atoms with Crippen LogP contribution in [0.1, 0.15) is 18.9 Å². The first-order valence-corrected chi connectivity index (χ1v) is 10.6. The van der Waals surface area contributed by atoms with Gasteiger partial charge in [-0.15, -0.1) is 0 Å². The summed E-state index contributed by atoms with van der Waals surface area (Å²) in [5, 5.41) is 15.3. The minimum Gasteiger partial charge on any atom is -0.353 e. The second-order valence-electron chi connectivity index (χ2n) is 7.68. The standard InChI is InChI=1S/C22H24ClN5O3/c1-2-12-3-7-14(8-4-12)24-20(30)16-11-17(29)26-19-18(16)21(31)28-22(27-19)25-15-9-5-13(23)6-10-15/h3-10,16,18-19,22,25,27H,2,11H2,1H3,(H,24,30)(H,26,29)(H,28,31). The number of anilines is 2. The van der Waals surface area contributed by atoms with Crippen LogP contribution in [0.4, 0.5) is 11.4 Å². The topological polar surface area (TPSA) is 111 Å². The van der Waals surface area contributed by atoms with E-state index in [1.54, 1.807) is 24.3 Å². The Labute approximate surface area is 185 Å². The number of nitrogens with one attached hydrogen (secondary N) is 5. The fourth-order valence-electron chi connectivity index (χ4n) is 3.93. The molecular weight excluding hydrogens is 418 g/mol. The highest BCUT2D eigenvalue weighted by Crippen LogP contribution is 2.28. The van der Waals surface area contributed by atoms with Crippen LogP contribution < -0.4 is 26.6 Å². The van der Waals surface area contributed by atoms with Gasteiger partial charge in [0.1, 0.15) is 0 Å². The quantitative estimate of drug-likeness (QED) is 0.487. The second kappa shape index (κ2) is 8.95. The number of carbonyl (C=O) groups excluding carboxylic acids is 3. The molecule has 9 heteroatoms. The number of halogens is 1. The molecule has 31 heavy (non-hydrogen) atoms. The average Bonchev–Trinajstić information content (AvgIpc) is 2.75. The van der Waals surface area contributed by atoms with E-state index in [4.69, 9.17) is 11.6 Å². The van der Waals surface area contributed by atoms with Crippen LogP contribution in [0, 0.1) is 11.8 Å². The second-order valence-corrected chi connectivity index (χ2v) is 8.12. The SMILES string of the molecule is CCc1ccc(NC(=O)C2CC(=O)NC3NC(Nc4ccc(Cl)cc4)NC(=O)C32)cc1. The lowest BCUT2D eigenvalue weighted by Gasteiger charge is -2.43. The van der Waals surface area contributed by atoms with Crippen molar-refractivity contribution in [2.45, 2.75) is 32.2 Å². The Balaban J connectivity index is 1.46. The van der Waals surface area contributed by atoms with Crippen molar-refractivity contribution in [2.24, 2.45) is 11.8 Å². The first-order chi connectivity index (χ1) is 14.9. The van der Waals surface area contributed by atoms with E-state index in [2.05, 4.69) is 33.5 Å². The minimum atomic E-state index is -0.784. The van der Waals surface area contributed by atoms with Gasteiger partial charge in [-0.05, 0) is 48.4 Å². The van der Waals surface area contributed by atoms with Crippen molar-refractivity contribution < 1.29 is 14.4 Å². The molecule has 0 bridgehead atoms. The van der Waals surface area contributed by atoms with E-state index < -0.39 is 24.3 Å². The Morgan fingerprint density at radius 2 is 1.71 bits per heavy atom. The summed E-state index contributed by atoms with van der Waals surface area (Å²) in [7, 11) is 0. The highest BCUT2D eigenvalue weighted by atomic mass is 35.5. The lowest BCUT2D eigenvalue weighted by Crippen LogP contribution is -2.72. The number of piperidine rings is 1. The van der Waals surface area contributed by atoms with Gasteiger partial charge in [0, 0.05) is 22.8 Å². The smallest absolute Gasteiger partial charge is 0.229 e. The average molecular weight is 442 g/mol. The maximum Gasteiger partial charge on any atom is 0.229 e. The van der Waals surface area contributed by atoms with Crippen LogP contribution >= 0.6 is 11.6 Å². The van der Waals surface area contributed by atoms with E-state index >= 15 is 0 Å². The summed E-state index contributed by atoms with van der Waals surface area (Å²) < 4.78 is 0. The Bertz CT molecular complexity index is 980. The zero-order valence-electron chi connectivity index (χ0n) is 16.9. The van der Waals surface area contributed by atoms with Gasteiger partial charge in [0.05, 0.1) is 18.0 Å². The first kappa shape index (κ1) is 21.1. The van der Waals surface area contributed by atoms with E-state index in [1.807, 2.05) is 24.3 Å². The normalized spacial score (nSPS) is 25.1. The number of amides is 3. The summed E-state index contributed by atoms with van der Waals surface area (Å²) in [6.45, 7) is 2.05. The van der Waals surface area contributed by atoms with Crippen LogP contribution in [0.2, 0.25) is 5.02 Å². The van der Waals surface area contributed by atoms with Gasteiger partial charge in [-0.2, -0.15) is 0 Å². The summed E-state index contributed by atoms with van der Waals surface area (Å²) in [4.78, 5) is 38.1. The number of benzene rings is 2. The zero-order chi connectivity index (χ0) is 22.0. The Hall–Kier alpha value is -3.10. The van der Waals surface area contributed by atoms with Crippen molar-refractivity contribution in [1.29, 1.82) is 0 Å². The molecule has 2 saturated heterocycles. The largest absolute Gasteiger partial charge is 0.353 e. The highest BCUT2D eigenvalue weighted by Gasteiger charge is 2.48. The molecule has 0 aromatic heterocycles. The van der Waals surface area contributed by atoms with Crippen LogP contribution in [0.3, 0.4) is 0 Å². The molecule has 4 atom stereocenters. The van der Waals surface area contributed by atoms with E-state index in [-0.39, 0.29) is 24.1 Å². The van der Waals surface area contributed by atoms with Crippen molar-refractivity contribution >= 4 is 40.7 Å². The summed E-state index contributed by atoms with van der Waals surface area (Å²) in [6.07, 6.45) is -0.431. The number of aryl methyl sites for hydroxylation is 1. The number of rotatable bonds is 5. The predicted octanol–water partition coefficient (Wildman–Crippen LogP) is 2.03. The zero-order valence-corrected chi connectivity index (χ0v) is 17.7. The van der Waals surface area contributed by atoms with Crippen LogP contribution in [0.15, 0.2) is 48.5 Å². The fourth-order valence-corrected chi connectivity index (χ4v) is 4.05. The van der Waals surface area contributed by atoms with Crippen LogP contribution in [-0.2, 0) is 20.8 Å². The maximum atomic E-state index is 12.9. The molecule has 2 fully saturated rings. The Kier molecular flexibility index (Phi) is 6.11. The summed E-state index contributed by atoms with van der Waals surface area (Å²) in [5.74, 6) is -2.45. The van der Waals surface area contributed by atoms with Gasteiger partial charge in [-0.25, -0.2) is 0 Å². The van der Waals surface area contributed by atoms with Gasteiger partial charge < -0.3 is 21.3 Å². The molecule has 5 N–H and O–H groups in total. The highest BCUT2D eigenvalue weighted by molar-refractivity contribution is 6.30. The third-order valence-corrected chi connectivity index (χ3v) is 5.82. The van der Waals surface area contributed by atoms with E-state index in [1.165, 1.54) is 0 Å². The van der Waals surface area contributed by atoms with E-state index in [0.717, 1.165) is 17.7 Å². The molecule has 0 spiro atoms. The van der Waals surface area contributed by atoms with Gasteiger partial charge in [0.25, 0.3) is 0 Å². The van der Waals surface area contributed by atoms with Gasteiger partial charge >= 0.3 is 0 Å². The number of fused-ring (bicyclic) bond motifs is 1. The van der Waals surface area contributed by atoms with Gasteiger partial charge in [0.15, 0.2) is 6.29 Å².